The summed E-state index contributed by atoms with van der Waals surface area (Å²) in [5, 5.41) is 0. The molecule has 3 fully saturated rings. The van der Waals surface area contributed by atoms with Crippen molar-refractivity contribution >= 4 is 0 Å². The fourth-order valence-electron chi connectivity index (χ4n) is 2.63. The maximum absolute atomic E-state index is 5.82. The van der Waals surface area contributed by atoms with Gasteiger partial charge in [-0.1, -0.05) is 13.3 Å². The zero-order chi connectivity index (χ0) is 8.39. The Bertz CT molecular complexity index is 128. The highest BCUT2D eigenvalue weighted by atomic mass is 16.5. The fraction of sp³-hybridized carbons (Fsp3) is 1.00. The number of rotatable bonds is 4. The Hall–Kier alpha value is -0.0400. The molecule has 0 N–H and O–H groups in total. The van der Waals surface area contributed by atoms with Crippen molar-refractivity contribution in [3.63, 3.8) is 0 Å². The third kappa shape index (κ3) is 1.82. The summed E-state index contributed by atoms with van der Waals surface area (Å²) in [4.78, 5) is 0. The Morgan fingerprint density at radius 2 is 1.75 bits per heavy atom. The Morgan fingerprint density at radius 1 is 1.08 bits per heavy atom. The van der Waals surface area contributed by atoms with Crippen molar-refractivity contribution in [2.75, 3.05) is 6.61 Å². The average Bonchev–Trinajstić information content (AvgIpc) is 2.04. The van der Waals surface area contributed by atoms with E-state index >= 15 is 0 Å². The van der Waals surface area contributed by atoms with E-state index in [1.54, 1.807) is 0 Å². The molecule has 0 aromatic heterocycles. The van der Waals surface area contributed by atoms with Gasteiger partial charge in [0.05, 0.1) is 6.10 Å². The van der Waals surface area contributed by atoms with Crippen molar-refractivity contribution in [2.24, 2.45) is 11.8 Å². The summed E-state index contributed by atoms with van der Waals surface area (Å²) in [5.74, 6) is 2.07. The molecule has 0 unspecified atom stereocenters. The van der Waals surface area contributed by atoms with Crippen LogP contribution in [0, 0.1) is 11.8 Å². The lowest BCUT2D eigenvalue weighted by Crippen LogP contribution is -2.38. The number of hydrogen-bond acceptors (Lipinski definition) is 1. The van der Waals surface area contributed by atoms with Crippen molar-refractivity contribution < 1.29 is 4.74 Å². The number of unbranched alkanes of at least 4 members (excludes halogenated alkanes) is 1. The van der Waals surface area contributed by atoms with Crippen molar-refractivity contribution in [1.29, 1.82) is 0 Å². The van der Waals surface area contributed by atoms with Gasteiger partial charge in [0.15, 0.2) is 0 Å². The Kier molecular flexibility index (Phi) is 2.69. The molecule has 0 heterocycles. The summed E-state index contributed by atoms with van der Waals surface area (Å²) in [7, 11) is 0. The van der Waals surface area contributed by atoms with Crippen LogP contribution in [0.25, 0.3) is 0 Å². The van der Waals surface area contributed by atoms with Gasteiger partial charge in [0.25, 0.3) is 0 Å². The summed E-state index contributed by atoms with van der Waals surface area (Å²) in [6, 6.07) is 0. The summed E-state index contributed by atoms with van der Waals surface area (Å²) >= 11 is 0. The van der Waals surface area contributed by atoms with E-state index < -0.39 is 0 Å². The van der Waals surface area contributed by atoms with Gasteiger partial charge in [0, 0.05) is 6.61 Å². The predicted molar refractivity (Wildman–Crippen MR) is 50.1 cm³/mol. The van der Waals surface area contributed by atoms with E-state index in [1.807, 2.05) is 0 Å². The van der Waals surface area contributed by atoms with Crippen molar-refractivity contribution in [3.8, 4) is 0 Å². The second kappa shape index (κ2) is 3.78. The summed E-state index contributed by atoms with van der Waals surface area (Å²) < 4.78 is 5.82. The Balaban J connectivity index is 1.62. The molecule has 0 aromatic rings. The quantitative estimate of drug-likeness (QED) is 0.586. The van der Waals surface area contributed by atoms with Gasteiger partial charge in [-0.05, 0) is 43.9 Å². The van der Waals surface area contributed by atoms with Gasteiger partial charge in [-0.2, -0.15) is 0 Å². The molecule has 3 aliphatic carbocycles. The molecular weight excluding hydrogens is 148 g/mol. The first-order valence-electron chi connectivity index (χ1n) is 5.50. The first-order valence-corrected chi connectivity index (χ1v) is 5.50. The minimum absolute atomic E-state index is 0.633. The van der Waals surface area contributed by atoms with Crippen LogP contribution >= 0.6 is 0 Å². The molecule has 3 rings (SSSR count). The molecule has 2 bridgehead atoms. The second-order valence-corrected chi connectivity index (χ2v) is 4.52. The van der Waals surface area contributed by atoms with Gasteiger partial charge in [0.2, 0.25) is 0 Å². The van der Waals surface area contributed by atoms with Crippen LogP contribution in [0.1, 0.15) is 45.4 Å². The van der Waals surface area contributed by atoms with Crippen LogP contribution in [0.3, 0.4) is 0 Å². The lowest BCUT2D eigenvalue weighted by Gasteiger charge is -2.45. The molecule has 1 heteroatoms. The molecule has 0 radical (unpaired) electrons. The van der Waals surface area contributed by atoms with E-state index in [0.717, 1.165) is 18.4 Å². The van der Waals surface area contributed by atoms with E-state index in [2.05, 4.69) is 6.92 Å². The van der Waals surface area contributed by atoms with E-state index in [1.165, 1.54) is 38.5 Å². The van der Waals surface area contributed by atoms with Crippen LogP contribution in [-0.4, -0.2) is 12.7 Å². The molecule has 0 aliphatic heterocycles. The van der Waals surface area contributed by atoms with Gasteiger partial charge in [0.1, 0.15) is 0 Å². The molecule has 3 aliphatic rings. The zero-order valence-electron chi connectivity index (χ0n) is 8.09. The smallest absolute Gasteiger partial charge is 0.0580 e. The van der Waals surface area contributed by atoms with E-state index in [-0.39, 0.29) is 0 Å². The largest absolute Gasteiger partial charge is 0.378 e. The van der Waals surface area contributed by atoms with Crippen LogP contribution in [0.4, 0.5) is 0 Å². The molecule has 12 heavy (non-hydrogen) atoms. The lowest BCUT2D eigenvalue weighted by molar-refractivity contribution is -0.0497. The predicted octanol–water partition coefficient (Wildman–Crippen LogP) is 2.99. The van der Waals surface area contributed by atoms with E-state index in [4.69, 9.17) is 4.74 Å². The number of fused-ring (bicyclic) bond motifs is 2. The average molecular weight is 168 g/mol. The van der Waals surface area contributed by atoms with Gasteiger partial charge in [-0.3, -0.25) is 0 Å². The monoisotopic (exact) mass is 168 g/mol. The molecule has 70 valence electrons. The Labute approximate surface area is 75.5 Å². The molecule has 3 saturated carbocycles. The molecule has 0 spiro atoms. The van der Waals surface area contributed by atoms with Crippen LogP contribution in [0.2, 0.25) is 0 Å². The lowest BCUT2D eigenvalue weighted by atomic mass is 9.64. The van der Waals surface area contributed by atoms with Gasteiger partial charge >= 0.3 is 0 Å². The maximum atomic E-state index is 5.82. The minimum Gasteiger partial charge on any atom is -0.378 e. The first-order chi connectivity index (χ1) is 5.88. The van der Waals surface area contributed by atoms with Crippen molar-refractivity contribution in [2.45, 2.75) is 51.6 Å². The number of ether oxygens (including phenoxy) is 1. The molecule has 0 saturated heterocycles. The number of hydrogen-bond donors (Lipinski definition) is 0. The molecule has 0 atom stereocenters. The summed E-state index contributed by atoms with van der Waals surface area (Å²) in [6.45, 7) is 3.22. The van der Waals surface area contributed by atoms with Crippen molar-refractivity contribution in [3.05, 3.63) is 0 Å². The van der Waals surface area contributed by atoms with E-state index in [9.17, 15) is 0 Å². The molecular formula is C11H20O. The van der Waals surface area contributed by atoms with E-state index in [0.29, 0.717) is 6.10 Å². The SMILES string of the molecule is CCCCOC1CC2CC(C2)C1. The fourth-order valence-corrected chi connectivity index (χ4v) is 2.63. The third-order valence-electron chi connectivity index (χ3n) is 3.38. The topological polar surface area (TPSA) is 9.23 Å². The van der Waals surface area contributed by atoms with Gasteiger partial charge in [-0.25, -0.2) is 0 Å². The van der Waals surface area contributed by atoms with Crippen LogP contribution in [0.15, 0.2) is 0 Å². The van der Waals surface area contributed by atoms with Crippen molar-refractivity contribution in [1.82, 2.24) is 0 Å². The highest BCUT2D eigenvalue weighted by Crippen LogP contribution is 2.46. The normalized spacial score (nSPS) is 39.2. The zero-order valence-corrected chi connectivity index (χ0v) is 8.09. The van der Waals surface area contributed by atoms with Gasteiger partial charge < -0.3 is 4.74 Å². The minimum atomic E-state index is 0.633. The summed E-state index contributed by atoms with van der Waals surface area (Å²) in [6.07, 6.45) is 8.88. The standard InChI is InChI=1S/C11H20O/c1-2-3-4-12-11-7-9-5-10(6-9)8-11/h9-11H,2-8H2,1H3. The first kappa shape index (κ1) is 8.55. The molecule has 1 nitrogen and oxygen atoms in total. The van der Waals surface area contributed by atoms with Crippen LogP contribution in [0.5, 0.6) is 0 Å². The molecule has 0 amide bonds. The highest BCUT2D eigenvalue weighted by Gasteiger charge is 2.38. The Morgan fingerprint density at radius 3 is 2.33 bits per heavy atom. The summed E-state index contributed by atoms with van der Waals surface area (Å²) in [5.41, 5.74) is 0. The highest BCUT2D eigenvalue weighted by molar-refractivity contribution is 4.89. The maximum Gasteiger partial charge on any atom is 0.0580 e. The molecule has 0 aromatic carbocycles. The van der Waals surface area contributed by atoms with Gasteiger partial charge in [-0.15, -0.1) is 0 Å². The van der Waals surface area contributed by atoms with Crippen LogP contribution in [-0.2, 0) is 4.74 Å². The second-order valence-electron chi connectivity index (χ2n) is 4.52. The third-order valence-corrected chi connectivity index (χ3v) is 3.38. The van der Waals surface area contributed by atoms with Crippen LogP contribution < -0.4 is 0 Å².